The van der Waals surface area contributed by atoms with Gasteiger partial charge in [-0.15, -0.1) is 0 Å². The second-order valence-corrected chi connectivity index (χ2v) is 9.88. The van der Waals surface area contributed by atoms with Crippen LogP contribution in [0.25, 0.3) is 0 Å². The summed E-state index contributed by atoms with van der Waals surface area (Å²) in [6.07, 6.45) is 0.633. The molecule has 1 amide bonds. The largest absolute Gasteiger partial charge is 0.321 e. The lowest BCUT2D eigenvalue weighted by atomic mass is 9.92. The van der Waals surface area contributed by atoms with Gasteiger partial charge in [0.1, 0.15) is 0 Å². The van der Waals surface area contributed by atoms with Gasteiger partial charge in [-0.2, -0.15) is 0 Å². The average Bonchev–Trinajstić information content (AvgIpc) is 3.00. The Bertz CT molecular complexity index is 938. The number of hydrogen-bond donors (Lipinski definition) is 1. The van der Waals surface area contributed by atoms with Gasteiger partial charge in [0.15, 0.2) is 0 Å². The van der Waals surface area contributed by atoms with Crippen molar-refractivity contribution in [2.45, 2.75) is 46.0 Å². The first kappa shape index (κ1) is 20.4. The van der Waals surface area contributed by atoms with Crippen LogP contribution in [-0.2, 0) is 10.0 Å². The van der Waals surface area contributed by atoms with Crippen molar-refractivity contribution in [2.75, 3.05) is 21.9 Å². The maximum atomic E-state index is 12.9. The summed E-state index contributed by atoms with van der Waals surface area (Å²) in [5, 5.41) is 3.09. The molecule has 0 bridgehead atoms. The molecule has 0 atom stereocenters. The fraction of sp³-hybridized carbons (Fsp3) is 0.409. The van der Waals surface area contributed by atoms with E-state index in [0.29, 0.717) is 24.2 Å². The van der Waals surface area contributed by atoms with E-state index in [-0.39, 0.29) is 23.5 Å². The first-order valence-corrected chi connectivity index (χ1v) is 11.4. The summed E-state index contributed by atoms with van der Waals surface area (Å²) < 4.78 is 25.6. The van der Waals surface area contributed by atoms with Gasteiger partial charge in [-0.25, -0.2) is 8.42 Å². The van der Waals surface area contributed by atoms with Crippen LogP contribution in [0.5, 0.6) is 0 Å². The van der Waals surface area contributed by atoms with Crippen molar-refractivity contribution in [3.8, 4) is 0 Å². The Morgan fingerprint density at radius 2 is 1.54 bits per heavy atom. The topological polar surface area (TPSA) is 66.5 Å². The number of amides is 1. The summed E-state index contributed by atoms with van der Waals surface area (Å²) in [6, 6.07) is 12.9. The summed E-state index contributed by atoms with van der Waals surface area (Å²) >= 11 is 0. The lowest BCUT2D eigenvalue weighted by Gasteiger charge is -2.20. The Labute approximate surface area is 167 Å². The van der Waals surface area contributed by atoms with E-state index in [4.69, 9.17) is 0 Å². The van der Waals surface area contributed by atoms with Crippen molar-refractivity contribution in [3.63, 3.8) is 0 Å². The fourth-order valence-corrected chi connectivity index (χ4v) is 5.15. The standard InChI is InChI=1S/C22H28N2O3S/c1-15(2)19-7-5-8-20(16(3)4)21(19)23-22(25)17-9-11-18(12-10-17)24-13-6-14-28(24,26)27/h5,7-12,15-16H,6,13-14H2,1-4H3,(H,23,25). The molecule has 1 heterocycles. The minimum Gasteiger partial charge on any atom is -0.321 e. The Balaban J connectivity index is 1.86. The smallest absolute Gasteiger partial charge is 0.255 e. The number of benzene rings is 2. The maximum Gasteiger partial charge on any atom is 0.255 e. The molecule has 150 valence electrons. The van der Waals surface area contributed by atoms with Crippen LogP contribution < -0.4 is 9.62 Å². The number of sulfonamides is 1. The number of carbonyl (C=O) groups is 1. The third-order valence-corrected chi connectivity index (χ3v) is 7.00. The molecule has 0 aromatic heterocycles. The molecule has 2 aromatic carbocycles. The molecule has 1 saturated heterocycles. The Kier molecular flexibility index (Phi) is 5.79. The molecule has 1 N–H and O–H groups in total. The van der Waals surface area contributed by atoms with Crippen LogP contribution >= 0.6 is 0 Å². The van der Waals surface area contributed by atoms with Crippen LogP contribution in [0.2, 0.25) is 0 Å². The molecule has 3 rings (SSSR count). The van der Waals surface area contributed by atoms with Gasteiger partial charge in [-0.1, -0.05) is 45.9 Å². The van der Waals surface area contributed by atoms with E-state index in [2.05, 4.69) is 33.0 Å². The van der Waals surface area contributed by atoms with Gasteiger partial charge < -0.3 is 5.32 Å². The number of hydrogen-bond acceptors (Lipinski definition) is 3. The highest BCUT2D eigenvalue weighted by Gasteiger charge is 2.28. The van der Waals surface area contributed by atoms with Gasteiger partial charge in [0.25, 0.3) is 5.91 Å². The molecular formula is C22H28N2O3S. The summed E-state index contributed by atoms with van der Waals surface area (Å²) in [7, 11) is -3.22. The molecule has 1 aliphatic heterocycles. The van der Waals surface area contributed by atoms with Crippen LogP contribution in [0.15, 0.2) is 42.5 Å². The number of nitrogens with zero attached hydrogens (tertiary/aromatic N) is 1. The molecule has 0 aliphatic carbocycles. The summed E-state index contributed by atoms with van der Waals surface area (Å²) in [6.45, 7) is 8.94. The third-order valence-electron chi connectivity index (χ3n) is 5.13. The minimum absolute atomic E-state index is 0.180. The minimum atomic E-state index is -3.22. The van der Waals surface area contributed by atoms with Crippen molar-refractivity contribution >= 4 is 27.3 Å². The van der Waals surface area contributed by atoms with Crippen molar-refractivity contribution in [2.24, 2.45) is 0 Å². The molecule has 2 aromatic rings. The van der Waals surface area contributed by atoms with Crippen molar-refractivity contribution < 1.29 is 13.2 Å². The predicted octanol–water partition coefficient (Wildman–Crippen LogP) is 4.73. The molecule has 1 fully saturated rings. The molecule has 0 spiro atoms. The molecule has 0 unspecified atom stereocenters. The molecule has 6 heteroatoms. The van der Waals surface area contributed by atoms with E-state index >= 15 is 0 Å². The Morgan fingerprint density at radius 1 is 0.964 bits per heavy atom. The summed E-state index contributed by atoms with van der Waals surface area (Å²) in [5.41, 5.74) is 4.22. The van der Waals surface area contributed by atoms with E-state index in [9.17, 15) is 13.2 Å². The molecular weight excluding hydrogens is 372 g/mol. The second kappa shape index (κ2) is 7.95. The quantitative estimate of drug-likeness (QED) is 0.789. The van der Waals surface area contributed by atoms with Crippen molar-refractivity contribution in [1.82, 2.24) is 0 Å². The van der Waals surface area contributed by atoms with E-state index in [0.717, 1.165) is 16.8 Å². The number of nitrogens with one attached hydrogen (secondary N) is 1. The van der Waals surface area contributed by atoms with Crippen LogP contribution in [0, 0.1) is 0 Å². The monoisotopic (exact) mass is 400 g/mol. The van der Waals surface area contributed by atoms with Gasteiger partial charge in [0.2, 0.25) is 10.0 Å². The predicted molar refractivity (Wildman–Crippen MR) is 115 cm³/mol. The van der Waals surface area contributed by atoms with Crippen LogP contribution in [0.4, 0.5) is 11.4 Å². The van der Waals surface area contributed by atoms with Crippen molar-refractivity contribution in [3.05, 3.63) is 59.2 Å². The molecule has 0 radical (unpaired) electrons. The zero-order chi connectivity index (χ0) is 20.5. The van der Waals surface area contributed by atoms with E-state index in [1.165, 1.54) is 4.31 Å². The third kappa shape index (κ3) is 4.07. The highest BCUT2D eigenvalue weighted by Crippen LogP contribution is 2.33. The highest BCUT2D eigenvalue weighted by atomic mass is 32.2. The average molecular weight is 401 g/mol. The molecule has 5 nitrogen and oxygen atoms in total. The van der Waals surface area contributed by atoms with E-state index in [1.54, 1.807) is 24.3 Å². The van der Waals surface area contributed by atoms with Gasteiger partial charge in [0, 0.05) is 17.8 Å². The summed E-state index contributed by atoms with van der Waals surface area (Å²) in [4.78, 5) is 12.9. The number of para-hydroxylation sites is 1. The normalized spacial score (nSPS) is 16.0. The molecule has 28 heavy (non-hydrogen) atoms. The first-order valence-electron chi connectivity index (χ1n) is 9.75. The second-order valence-electron chi connectivity index (χ2n) is 7.86. The lowest BCUT2D eigenvalue weighted by molar-refractivity contribution is 0.102. The Morgan fingerprint density at radius 3 is 2.00 bits per heavy atom. The fourth-order valence-electron chi connectivity index (χ4n) is 3.59. The molecule has 1 aliphatic rings. The van der Waals surface area contributed by atoms with Crippen molar-refractivity contribution in [1.29, 1.82) is 0 Å². The van der Waals surface area contributed by atoms with Crippen LogP contribution in [0.1, 0.15) is 67.4 Å². The zero-order valence-corrected chi connectivity index (χ0v) is 17.7. The van der Waals surface area contributed by atoms with Gasteiger partial charge >= 0.3 is 0 Å². The number of anilines is 2. The zero-order valence-electron chi connectivity index (χ0n) is 16.9. The van der Waals surface area contributed by atoms with Gasteiger partial charge in [-0.3, -0.25) is 9.10 Å². The van der Waals surface area contributed by atoms with Gasteiger partial charge in [-0.05, 0) is 53.6 Å². The van der Waals surface area contributed by atoms with Crippen LogP contribution in [0.3, 0.4) is 0 Å². The molecule has 0 saturated carbocycles. The maximum absolute atomic E-state index is 12.9. The lowest BCUT2D eigenvalue weighted by Crippen LogP contribution is -2.25. The SMILES string of the molecule is CC(C)c1cccc(C(C)C)c1NC(=O)c1ccc(N2CCCS2(=O)=O)cc1. The number of rotatable bonds is 5. The van der Waals surface area contributed by atoms with Gasteiger partial charge in [0.05, 0.1) is 11.4 Å². The Hall–Kier alpha value is -2.34. The van der Waals surface area contributed by atoms with Crippen LogP contribution in [-0.4, -0.2) is 26.6 Å². The number of carbonyl (C=O) groups excluding carboxylic acids is 1. The summed E-state index contributed by atoms with van der Waals surface area (Å²) in [5.74, 6) is 0.568. The first-order chi connectivity index (χ1) is 13.2. The van der Waals surface area contributed by atoms with E-state index in [1.807, 2.05) is 18.2 Å². The highest BCUT2D eigenvalue weighted by molar-refractivity contribution is 7.93. The van der Waals surface area contributed by atoms with E-state index < -0.39 is 10.0 Å².